The number of aromatic nitrogens is 4. The summed E-state index contributed by atoms with van der Waals surface area (Å²) in [5.41, 5.74) is 1.01. The Morgan fingerprint density at radius 3 is 2.45 bits per heavy atom. The van der Waals surface area contributed by atoms with Gasteiger partial charge in [0.25, 0.3) is 5.91 Å². The summed E-state index contributed by atoms with van der Waals surface area (Å²) in [6.07, 6.45) is 3.39. The van der Waals surface area contributed by atoms with Gasteiger partial charge in [0.15, 0.2) is 35.1 Å². The molecule has 15 nitrogen and oxygen atoms in total. The maximum absolute atomic E-state index is 12.8. The number of hydrogen-bond acceptors (Lipinski definition) is 10. The third kappa shape index (κ3) is 5.11. The zero-order valence-electron chi connectivity index (χ0n) is 23.1. The van der Waals surface area contributed by atoms with E-state index in [-0.39, 0.29) is 22.1 Å². The highest BCUT2D eigenvalue weighted by molar-refractivity contribution is 7.89. The number of rotatable bonds is 7. The van der Waals surface area contributed by atoms with Crippen LogP contribution in [0.5, 0.6) is 0 Å². The van der Waals surface area contributed by atoms with Crippen LogP contribution in [-0.4, -0.2) is 87.9 Å². The molecule has 0 radical (unpaired) electrons. The molecular formula is C26H30N8O7S. The molecule has 3 aliphatic heterocycles. The maximum atomic E-state index is 12.8. The predicted molar refractivity (Wildman–Crippen MR) is 149 cm³/mol. The second-order valence-electron chi connectivity index (χ2n) is 10.3. The fourth-order valence-corrected chi connectivity index (χ4v) is 6.54. The van der Waals surface area contributed by atoms with Gasteiger partial charge in [-0.3, -0.25) is 14.7 Å². The quantitative estimate of drug-likeness (QED) is 0.338. The summed E-state index contributed by atoms with van der Waals surface area (Å²) in [5, 5.41) is 8.09. The number of amides is 3. The third-order valence-corrected chi connectivity index (χ3v) is 8.88. The Labute approximate surface area is 241 Å². The Balaban J connectivity index is 1.18. The molecule has 42 heavy (non-hydrogen) atoms. The molecule has 0 saturated carbocycles. The lowest BCUT2D eigenvalue weighted by Crippen LogP contribution is -2.42. The van der Waals surface area contributed by atoms with Crippen molar-refractivity contribution in [1.29, 1.82) is 0 Å². The molecular weight excluding hydrogens is 568 g/mol. The van der Waals surface area contributed by atoms with Crippen LogP contribution in [0.2, 0.25) is 0 Å². The van der Waals surface area contributed by atoms with Gasteiger partial charge in [0.2, 0.25) is 10.0 Å². The van der Waals surface area contributed by atoms with Gasteiger partial charge in [-0.25, -0.2) is 28.2 Å². The molecule has 3 aromatic rings. The number of ether oxygens (including phenoxy) is 3. The number of hydrogen-bond donors (Lipinski definition) is 3. The number of urea groups is 1. The molecule has 0 bridgehead atoms. The monoisotopic (exact) mass is 598 g/mol. The lowest BCUT2D eigenvalue weighted by Gasteiger charge is -2.24. The normalized spacial score (nSPS) is 25.0. The van der Waals surface area contributed by atoms with Crippen LogP contribution in [0.1, 0.15) is 27.0 Å². The minimum Gasteiger partial charge on any atom is -0.354 e. The molecule has 5 heterocycles. The summed E-state index contributed by atoms with van der Waals surface area (Å²) in [6, 6.07) is 5.26. The number of carbonyl (C=O) groups is 2. The van der Waals surface area contributed by atoms with Gasteiger partial charge in [-0.2, -0.15) is 4.31 Å². The Bertz CT molecular complexity index is 1650. The van der Waals surface area contributed by atoms with Gasteiger partial charge in [0.05, 0.1) is 11.2 Å². The summed E-state index contributed by atoms with van der Waals surface area (Å²) in [4.78, 5) is 38.6. The Morgan fingerprint density at radius 2 is 1.74 bits per heavy atom. The van der Waals surface area contributed by atoms with Gasteiger partial charge >= 0.3 is 6.03 Å². The minimum atomic E-state index is -3.62. The minimum absolute atomic E-state index is 0.131. The SMILES string of the molecule is CCNC(=O)[C@H]1O[C@@H](n2cnc3c(NC(=O)Nc4ccc(S(=O)(=O)N5CC=CC5)cc4)ncnc32)[C@@H]2OC(C)(C)O[C@@H]21. The number of carbonyl (C=O) groups excluding carboxylic acids is 2. The number of sulfonamides is 1. The van der Waals surface area contributed by atoms with Gasteiger partial charge in [-0.05, 0) is 45.0 Å². The van der Waals surface area contributed by atoms with Gasteiger partial charge in [-0.15, -0.1) is 0 Å². The van der Waals surface area contributed by atoms with E-state index in [4.69, 9.17) is 14.2 Å². The average molecular weight is 599 g/mol. The molecule has 16 heteroatoms. The van der Waals surface area contributed by atoms with Crippen LogP contribution >= 0.6 is 0 Å². The van der Waals surface area contributed by atoms with E-state index in [9.17, 15) is 18.0 Å². The van der Waals surface area contributed by atoms with Crippen molar-refractivity contribution < 1.29 is 32.2 Å². The van der Waals surface area contributed by atoms with E-state index < -0.39 is 46.4 Å². The van der Waals surface area contributed by atoms with E-state index in [1.807, 2.05) is 6.92 Å². The topological polar surface area (TPSA) is 179 Å². The van der Waals surface area contributed by atoms with Crippen molar-refractivity contribution in [3.63, 3.8) is 0 Å². The first-order valence-corrected chi connectivity index (χ1v) is 14.8. The lowest BCUT2D eigenvalue weighted by atomic mass is 10.1. The molecule has 2 saturated heterocycles. The van der Waals surface area contributed by atoms with Crippen molar-refractivity contribution in [2.75, 3.05) is 30.3 Å². The fourth-order valence-electron chi connectivity index (χ4n) is 5.20. The molecule has 6 rings (SSSR count). The lowest BCUT2D eigenvalue weighted by molar-refractivity contribution is -0.197. The number of benzene rings is 1. The molecule has 2 aromatic heterocycles. The van der Waals surface area contributed by atoms with E-state index in [0.29, 0.717) is 31.0 Å². The van der Waals surface area contributed by atoms with Crippen molar-refractivity contribution in [1.82, 2.24) is 29.1 Å². The number of likely N-dealkylation sites (N-methyl/N-ethyl adjacent to an activating group) is 1. The summed E-state index contributed by atoms with van der Waals surface area (Å²) in [7, 11) is -3.62. The second-order valence-corrected chi connectivity index (χ2v) is 12.3. The molecule has 0 spiro atoms. The Morgan fingerprint density at radius 1 is 1.02 bits per heavy atom. The van der Waals surface area contributed by atoms with Crippen molar-refractivity contribution >= 4 is 44.6 Å². The van der Waals surface area contributed by atoms with E-state index >= 15 is 0 Å². The third-order valence-electron chi connectivity index (χ3n) is 7.04. The highest BCUT2D eigenvalue weighted by atomic mass is 32.2. The highest BCUT2D eigenvalue weighted by Crippen LogP contribution is 2.44. The molecule has 3 N–H and O–H groups in total. The maximum Gasteiger partial charge on any atom is 0.324 e. The molecule has 2 fully saturated rings. The van der Waals surface area contributed by atoms with Crippen molar-refractivity contribution in [2.45, 2.75) is 56.0 Å². The van der Waals surface area contributed by atoms with Gasteiger partial charge < -0.3 is 24.8 Å². The zero-order chi connectivity index (χ0) is 29.6. The van der Waals surface area contributed by atoms with Crippen LogP contribution in [-0.2, 0) is 29.0 Å². The number of nitrogens with zero attached hydrogens (tertiary/aromatic N) is 5. The van der Waals surface area contributed by atoms with Crippen LogP contribution in [0, 0.1) is 0 Å². The number of imidazole rings is 1. The van der Waals surface area contributed by atoms with Crippen LogP contribution in [0.4, 0.5) is 16.3 Å². The van der Waals surface area contributed by atoms with Crippen LogP contribution in [0.3, 0.4) is 0 Å². The first-order valence-electron chi connectivity index (χ1n) is 13.4. The first-order chi connectivity index (χ1) is 20.1. The number of anilines is 2. The molecule has 4 atom stereocenters. The average Bonchev–Trinajstić information content (AvgIpc) is 3.73. The Kier molecular flexibility index (Phi) is 7.18. The molecule has 3 aliphatic rings. The highest BCUT2D eigenvalue weighted by Gasteiger charge is 2.58. The number of fused-ring (bicyclic) bond motifs is 2. The van der Waals surface area contributed by atoms with Gasteiger partial charge in [-0.1, -0.05) is 12.2 Å². The molecule has 1 aromatic carbocycles. The Hall–Kier alpha value is -3.96. The predicted octanol–water partition coefficient (Wildman–Crippen LogP) is 1.58. The second kappa shape index (κ2) is 10.7. The first kappa shape index (κ1) is 28.2. The molecule has 3 amide bonds. The summed E-state index contributed by atoms with van der Waals surface area (Å²) in [6.45, 7) is 6.44. The smallest absolute Gasteiger partial charge is 0.324 e. The standard InChI is InChI=1S/C26H30N8O7S/c1-4-27-23(35)19-18-20(41-26(2,3)40-18)24(39-19)34-14-30-17-21(28-13-29-22(17)34)32-25(36)31-15-7-9-16(10-8-15)42(37,38)33-11-5-6-12-33/h5-10,13-14,18-20,24H,4,11-12H2,1-3H3,(H,27,35)(H2,28,29,31,32,36)/t18-,19+,20-,24-/m1/s1. The molecule has 0 aliphatic carbocycles. The van der Waals surface area contributed by atoms with Crippen molar-refractivity contribution in [2.24, 2.45) is 0 Å². The summed E-state index contributed by atoms with van der Waals surface area (Å²) < 4.78 is 46.6. The van der Waals surface area contributed by atoms with Gasteiger partial charge in [0, 0.05) is 25.3 Å². The summed E-state index contributed by atoms with van der Waals surface area (Å²) >= 11 is 0. The summed E-state index contributed by atoms with van der Waals surface area (Å²) in [5.74, 6) is -1.10. The largest absolute Gasteiger partial charge is 0.354 e. The van der Waals surface area contributed by atoms with E-state index in [1.165, 1.54) is 41.2 Å². The van der Waals surface area contributed by atoms with Crippen LogP contribution in [0.25, 0.3) is 11.2 Å². The van der Waals surface area contributed by atoms with Gasteiger partial charge in [0.1, 0.15) is 18.5 Å². The molecule has 0 unspecified atom stereocenters. The van der Waals surface area contributed by atoms with E-state index in [1.54, 1.807) is 30.6 Å². The molecule has 222 valence electrons. The van der Waals surface area contributed by atoms with Crippen LogP contribution < -0.4 is 16.0 Å². The zero-order valence-corrected chi connectivity index (χ0v) is 23.9. The number of nitrogens with one attached hydrogen (secondary N) is 3. The van der Waals surface area contributed by atoms with Crippen molar-refractivity contribution in [3.8, 4) is 0 Å². The van der Waals surface area contributed by atoms with Crippen molar-refractivity contribution in [3.05, 3.63) is 49.1 Å². The fraction of sp³-hybridized carbons (Fsp3) is 0.423. The van der Waals surface area contributed by atoms with E-state index in [0.717, 1.165) is 0 Å². The van der Waals surface area contributed by atoms with Crippen LogP contribution in [0.15, 0.2) is 54.0 Å². The van der Waals surface area contributed by atoms with E-state index in [2.05, 4.69) is 30.9 Å².